The van der Waals surface area contributed by atoms with E-state index in [0.29, 0.717) is 18.0 Å². The quantitative estimate of drug-likeness (QED) is 0.795. The summed E-state index contributed by atoms with van der Waals surface area (Å²) in [7, 11) is 0. The summed E-state index contributed by atoms with van der Waals surface area (Å²) in [5.41, 5.74) is 1.89. The van der Waals surface area contributed by atoms with Crippen LogP contribution >= 0.6 is 0 Å². The Labute approximate surface area is 157 Å². The zero-order valence-electron chi connectivity index (χ0n) is 15.5. The highest BCUT2D eigenvalue weighted by Crippen LogP contribution is 2.16. The molecule has 0 bridgehead atoms. The van der Waals surface area contributed by atoms with Gasteiger partial charge in [-0.25, -0.2) is 4.98 Å². The summed E-state index contributed by atoms with van der Waals surface area (Å²) in [5, 5.41) is 5.60. The average Bonchev–Trinajstić information content (AvgIpc) is 3.13. The second-order valence-electron chi connectivity index (χ2n) is 6.48. The molecule has 1 atom stereocenters. The molecular formula is C19H24N4O4. The normalized spacial score (nSPS) is 15.3. The average molecular weight is 372 g/mol. The van der Waals surface area contributed by atoms with E-state index in [9.17, 15) is 9.59 Å². The molecule has 8 heteroatoms. The number of anilines is 1. The third-order valence-corrected chi connectivity index (χ3v) is 4.30. The maximum Gasteiger partial charge on any atom is 0.273 e. The maximum absolute atomic E-state index is 12.4. The number of carbonyl (C=O) groups is 2. The minimum Gasteiger partial charge on any atom is -0.448 e. The highest BCUT2D eigenvalue weighted by molar-refractivity contribution is 5.95. The van der Waals surface area contributed by atoms with Crippen molar-refractivity contribution in [3.63, 3.8) is 0 Å². The molecule has 1 aromatic carbocycles. The predicted octanol–water partition coefficient (Wildman–Crippen LogP) is 1.37. The first-order valence-electron chi connectivity index (χ1n) is 8.97. The molecule has 2 amide bonds. The molecule has 1 fully saturated rings. The highest BCUT2D eigenvalue weighted by Gasteiger charge is 2.15. The van der Waals surface area contributed by atoms with E-state index in [0.717, 1.165) is 32.0 Å². The van der Waals surface area contributed by atoms with Crippen LogP contribution in [0.3, 0.4) is 0 Å². The molecule has 2 heterocycles. The number of nitrogens with one attached hydrogen (secondary N) is 2. The van der Waals surface area contributed by atoms with Gasteiger partial charge in [0.15, 0.2) is 11.6 Å². The van der Waals surface area contributed by atoms with E-state index in [2.05, 4.69) is 20.5 Å². The summed E-state index contributed by atoms with van der Waals surface area (Å²) in [6, 6.07) is 7.28. The lowest BCUT2D eigenvalue weighted by molar-refractivity contribution is 0.0910. The summed E-state index contributed by atoms with van der Waals surface area (Å²) in [4.78, 5) is 30.5. The minimum absolute atomic E-state index is 0.178. The van der Waals surface area contributed by atoms with Gasteiger partial charge in [0.1, 0.15) is 6.26 Å². The van der Waals surface area contributed by atoms with Crippen molar-refractivity contribution in [1.82, 2.24) is 15.6 Å². The zero-order chi connectivity index (χ0) is 19.2. The van der Waals surface area contributed by atoms with Crippen LogP contribution < -0.4 is 15.5 Å². The molecule has 8 nitrogen and oxygen atoms in total. The molecule has 1 saturated heterocycles. The third-order valence-electron chi connectivity index (χ3n) is 4.30. The van der Waals surface area contributed by atoms with Gasteiger partial charge in [0.2, 0.25) is 0 Å². The van der Waals surface area contributed by atoms with E-state index in [4.69, 9.17) is 9.15 Å². The van der Waals surface area contributed by atoms with Gasteiger partial charge in [-0.2, -0.15) is 0 Å². The number of hydrogen-bond acceptors (Lipinski definition) is 6. The molecule has 2 N–H and O–H groups in total. The van der Waals surface area contributed by atoms with Crippen molar-refractivity contribution in [3.8, 4) is 0 Å². The van der Waals surface area contributed by atoms with E-state index in [-0.39, 0.29) is 23.6 Å². The number of aromatic nitrogens is 1. The molecule has 2 aromatic rings. The van der Waals surface area contributed by atoms with Gasteiger partial charge in [0, 0.05) is 43.9 Å². The summed E-state index contributed by atoms with van der Waals surface area (Å²) in [6.07, 6.45) is 1.31. The smallest absolute Gasteiger partial charge is 0.273 e. The van der Waals surface area contributed by atoms with E-state index in [1.807, 2.05) is 31.2 Å². The number of hydrogen-bond donors (Lipinski definition) is 2. The Morgan fingerprint density at radius 2 is 1.89 bits per heavy atom. The van der Waals surface area contributed by atoms with Gasteiger partial charge in [0.25, 0.3) is 11.8 Å². The fourth-order valence-corrected chi connectivity index (χ4v) is 2.81. The fourth-order valence-electron chi connectivity index (χ4n) is 2.81. The van der Waals surface area contributed by atoms with Crippen molar-refractivity contribution in [3.05, 3.63) is 47.7 Å². The first-order chi connectivity index (χ1) is 13.0. The third kappa shape index (κ3) is 5.07. The van der Waals surface area contributed by atoms with Crippen molar-refractivity contribution < 1.29 is 18.7 Å². The number of nitrogens with zero attached hydrogens (tertiary/aromatic N) is 2. The molecule has 1 aliphatic heterocycles. The maximum atomic E-state index is 12.4. The summed E-state index contributed by atoms with van der Waals surface area (Å²) in [5.74, 6) is -0.0765. The first-order valence-corrected chi connectivity index (χ1v) is 8.97. The van der Waals surface area contributed by atoms with Gasteiger partial charge in [-0.05, 0) is 31.2 Å². The van der Waals surface area contributed by atoms with Crippen LogP contribution in [0.25, 0.3) is 0 Å². The molecule has 0 radical (unpaired) electrons. The summed E-state index contributed by atoms with van der Waals surface area (Å²) < 4.78 is 10.4. The Morgan fingerprint density at radius 3 is 2.52 bits per heavy atom. The van der Waals surface area contributed by atoms with Crippen LogP contribution in [0.4, 0.5) is 5.69 Å². The minimum atomic E-state index is -0.331. The molecule has 1 aromatic heterocycles. The molecule has 27 heavy (non-hydrogen) atoms. The highest BCUT2D eigenvalue weighted by atomic mass is 16.5. The number of amides is 2. The number of carbonyl (C=O) groups excluding carboxylic acids is 2. The van der Waals surface area contributed by atoms with Crippen molar-refractivity contribution >= 4 is 17.5 Å². The number of morpholine rings is 1. The van der Waals surface area contributed by atoms with Crippen LogP contribution in [0.15, 0.2) is 34.9 Å². The van der Waals surface area contributed by atoms with Crippen LogP contribution in [0.1, 0.15) is 33.7 Å². The lowest BCUT2D eigenvalue weighted by atomic mass is 10.1. The van der Waals surface area contributed by atoms with Gasteiger partial charge < -0.3 is 24.7 Å². The van der Waals surface area contributed by atoms with Gasteiger partial charge in [-0.15, -0.1) is 0 Å². The Balaban J connectivity index is 1.48. The number of benzene rings is 1. The van der Waals surface area contributed by atoms with E-state index in [1.165, 1.54) is 6.26 Å². The van der Waals surface area contributed by atoms with E-state index >= 15 is 0 Å². The Kier molecular flexibility index (Phi) is 6.08. The molecule has 0 saturated carbocycles. The lowest BCUT2D eigenvalue weighted by Gasteiger charge is -2.28. The lowest BCUT2D eigenvalue weighted by Crippen LogP contribution is -2.42. The number of oxazole rings is 1. The molecule has 1 aliphatic rings. The standard InChI is InChI=1S/C19H24N4O4/c1-13(11-20-19(25)17-12-27-14(2)22-17)21-18(24)15-3-5-16(6-4-15)23-7-9-26-10-8-23/h3-6,12-13H,7-11H2,1-2H3,(H,20,25)(H,21,24)/t13-/m1/s1. The van der Waals surface area contributed by atoms with Gasteiger partial charge >= 0.3 is 0 Å². The summed E-state index contributed by atoms with van der Waals surface area (Å²) in [6.45, 7) is 6.94. The van der Waals surface area contributed by atoms with Crippen LogP contribution in [-0.2, 0) is 4.74 Å². The molecule has 0 aliphatic carbocycles. The SMILES string of the molecule is Cc1nc(C(=O)NC[C@@H](C)NC(=O)c2ccc(N3CCOCC3)cc2)co1. The van der Waals surface area contributed by atoms with Gasteiger partial charge in [0.05, 0.1) is 13.2 Å². The fraction of sp³-hybridized carbons (Fsp3) is 0.421. The van der Waals surface area contributed by atoms with Crippen LogP contribution in [-0.4, -0.2) is 55.7 Å². The molecule has 3 rings (SSSR count). The number of rotatable bonds is 6. The molecule has 0 spiro atoms. The van der Waals surface area contributed by atoms with E-state index < -0.39 is 0 Å². The number of ether oxygens (including phenoxy) is 1. The molecule has 0 unspecified atom stereocenters. The first kappa shape index (κ1) is 18.9. The molecule has 144 valence electrons. The van der Waals surface area contributed by atoms with Crippen molar-refractivity contribution in [2.75, 3.05) is 37.7 Å². The van der Waals surface area contributed by atoms with Crippen molar-refractivity contribution in [1.29, 1.82) is 0 Å². The molecular weight excluding hydrogens is 348 g/mol. The van der Waals surface area contributed by atoms with Gasteiger partial charge in [-0.1, -0.05) is 0 Å². The second kappa shape index (κ2) is 8.68. The van der Waals surface area contributed by atoms with Crippen LogP contribution in [0.5, 0.6) is 0 Å². The number of aryl methyl sites for hydroxylation is 1. The Hall–Kier alpha value is -2.87. The largest absolute Gasteiger partial charge is 0.448 e. The van der Waals surface area contributed by atoms with Crippen LogP contribution in [0, 0.1) is 6.92 Å². The van der Waals surface area contributed by atoms with Crippen LogP contribution in [0.2, 0.25) is 0 Å². The van der Waals surface area contributed by atoms with Gasteiger partial charge in [-0.3, -0.25) is 9.59 Å². The Bertz CT molecular complexity index is 781. The van der Waals surface area contributed by atoms with Crippen molar-refractivity contribution in [2.45, 2.75) is 19.9 Å². The van der Waals surface area contributed by atoms with Crippen molar-refractivity contribution in [2.24, 2.45) is 0 Å². The predicted molar refractivity (Wildman–Crippen MR) is 100.0 cm³/mol. The summed E-state index contributed by atoms with van der Waals surface area (Å²) >= 11 is 0. The second-order valence-corrected chi connectivity index (χ2v) is 6.48. The Morgan fingerprint density at radius 1 is 1.19 bits per heavy atom. The van der Waals surface area contributed by atoms with E-state index in [1.54, 1.807) is 6.92 Å². The zero-order valence-corrected chi connectivity index (χ0v) is 15.5. The topological polar surface area (TPSA) is 96.7 Å². The monoisotopic (exact) mass is 372 g/mol.